The van der Waals surface area contributed by atoms with Gasteiger partial charge in [0.1, 0.15) is 0 Å². The summed E-state index contributed by atoms with van der Waals surface area (Å²) in [5, 5.41) is 7.98. The van der Waals surface area contributed by atoms with E-state index in [2.05, 4.69) is 44.4 Å². The van der Waals surface area contributed by atoms with Crippen LogP contribution in [0.1, 0.15) is 44.0 Å². The fourth-order valence-corrected chi connectivity index (χ4v) is 3.43. The largest absolute Gasteiger partial charge is 0.316 e. The van der Waals surface area contributed by atoms with Crippen LogP contribution in [0, 0.1) is 18.8 Å². The van der Waals surface area contributed by atoms with E-state index < -0.39 is 0 Å². The summed E-state index contributed by atoms with van der Waals surface area (Å²) in [5.41, 5.74) is 2.48. The van der Waals surface area contributed by atoms with E-state index in [1.807, 2.05) is 4.68 Å². The molecular formula is C15H27N3. The minimum absolute atomic E-state index is 0.600. The van der Waals surface area contributed by atoms with E-state index in [0.29, 0.717) is 6.04 Å². The Morgan fingerprint density at radius 1 is 1.50 bits per heavy atom. The second-order valence-electron chi connectivity index (χ2n) is 6.03. The summed E-state index contributed by atoms with van der Waals surface area (Å²) < 4.78 is 2.03. The predicted octanol–water partition coefficient (Wildman–Crippen LogP) is 2.69. The highest BCUT2D eigenvalue weighted by Gasteiger charge is 2.26. The molecule has 18 heavy (non-hydrogen) atoms. The van der Waals surface area contributed by atoms with Crippen LogP contribution in [0.5, 0.6) is 0 Å². The topological polar surface area (TPSA) is 29.9 Å². The molecule has 0 saturated heterocycles. The van der Waals surface area contributed by atoms with Crippen LogP contribution in [-0.4, -0.2) is 22.9 Å². The normalized spacial score (nSPS) is 26.2. The Hall–Kier alpha value is -0.830. The first-order valence-electron chi connectivity index (χ1n) is 7.27. The Morgan fingerprint density at radius 2 is 2.28 bits per heavy atom. The zero-order valence-electron chi connectivity index (χ0n) is 12.2. The Morgan fingerprint density at radius 3 is 2.83 bits per heavy atom. The van der Waals surface area contributed by atoms with E-state index in [1.54, 1.807) is 0 Å². The Balaban J connectivity index is 2.02. The van der Waals surface area contributed by atoms with Crippen molar-refractivity contribution in [1.29, 1.82) is 0 Å². The van der Waals surface area contributed by atoms with Crippen molar-refractivity contribution in [2.24, 2.45) is 18.9 Å². The standard InChI is InChI=1S/C15H27N3/c1-11-6-5-7-13(8-11)15(16-3)10-14-9-12(2)17-18(14)4/h9,11,13,15-16H,5-8,10H2,1-4H3. The molecule has 102 valence electrons. The smallest absolute Gasteiger partial charge is 0.0596 e. The lowest BCUT2D eigenvalue weighted by Gasteiger charge is -2.33. The molecule has 0 spiro atoms. The zero-order valence-corrected chi connectivity index (χ0v) is 12.2. The fourth-order valence-electron chi connectivity index (χ4n) is 3.43. The monoisotopic (exact) mass is 249 g/mol. The highest BCUT2D eigenvalue weighted by molar-refractivity contribution is 5.10. The molecule has 0 bridgehead atoms. The molecule has 1 aliphatic rings. The van der Waals surface area contributed by atoms with E-state index in [9.17, 15) is 0 Å². The van der Waals surface area contributed by atoms with Gasteiger partial charge in [0.05, 0.1) is 5.69 Å². The van der Waals surface area contributed by atoms with Crippen molar-refractivity contribution in [3.63, 3.8) is 0 Å². The molecule has 3 nitrogen and oxygen atoms in total. The molecule has 2 rings (SSSR count). The molecule has 1 fully saturated rings. The van der Waals surface area contributed by atoms with Crippen LogP contribution < -0.4 is 5.32 Å². The van der Waals surface area contributed by atoms with Gasteiger partial charge in [0, 0.05) is 25.2 Å². The van der Waals surface area contributed by atoms with Crippen LogP contribution in [0.2, 0.25) is 0 Å². The second-order valence-corrected chi connectivity index (χ2v) is 6.03. The van der Waals surface area contributed by atoms with Gasteiger partial charge in [-0.2, -0.15) is 5.10 Å². The number of likely N-dealkylation sites (N-methyl/N-ethyl adjacent to an activating group) is 1. The van der Waals surface area contributed by atoms with Crippen LogP contribution in [0.3, 0.4) is 0 Å². The third kappa shape index (κ3) is 3.14. The molecular weight excluding hydrogens is 222 g/mol. The van der Waals surface area contributed by atoms with Gasteiger partial charge in [0.25, 0.3) is 0 Å². The maximum absolute atomic E-state index is 4.45. The van der Waals surface area contributed by atoms with Crippen LogP contribution in [0.25, 0.3) is 0 Å². The van der Waals surface area contributed by atoms with Crippen LogP contribution in [0.15, 0.2) is 6.07 Å². The molecule has 0 radical (unpaired) electrons. The van der Waals surface area contributed by atoms with Crippen molar-refractivity contribution in [2.75, 3.05) is 7.05 Å². The second kappa shape index (κ2) is 5.87. The van der Waals surface area contributed by atoms with E-state index in [-0.39, 0.29) is 0 Å². The van der Waals surface area contributed by atoms with Crippen molar-refractivity contribution >= 4 is 0 Å². The minimum Gasteiger partial charge on any atom is -0.316 e. The van der Waals surface area contributed by atoms with E-state index in [0.717, 1.165) is 24.0 Å². The van der Waals surface area contributed by atoms with Crippen LogP contribution in [0.4, 0.5) is 0 Å². The summed E-state index contributed by atoms with van der Waals surface area (Å²) in [4.78, 5) is 0. The van der Waals surface area contributed by atoms with Gasteiger partial charge in [0.2, 0.25) is 0 Å². The Kier molecular flexibility index (Phi) is 4.44. The summed E-state index contributed by atoms with van der Waals surface area (Å²) in [6, 6.07) is 2.82. The summed E-state index contributed by atoms with van der Waals surface area (Å²) in [5.74, 6) is 1.72. The predicted molar refractivity (Wildman–Crippen MR) is 75.6 cm³/mol. The van der Waals surface area contributed by atoms with Crippen molar-refractivity contribution in [2.45, 2.75) is 52.0 Å². The molecule has 3 heteroatoms. The van der Waals surface area contributed by atoms with Crippen LogP contribution >= 0.6 is 0 Å². The number of rotatable bonds is 4. The minimum atomic E-state index is 0.600. The first kappa shape index (κ1) is 13.6. The van der Waals surface area contributed by atoms with E-state index >= 15 is 0 Å². The number of nitrogens with zero attached hydrogens (tertiary/aromatic N) is 2. The fraction of sp³-hybridized carbons (Fsp3) is 0.800. The van der Waals surface area contributed by atoms with Gasteiger partial charge in [-0.1, -0.05) is 19.8 Å². The summed E-state index contributed by atoms with van der Waals surface area (Å²) in [6.45, 7) is 4.47. The highest BCUT2D eigenvalue weighted by Crippen LogP contribution is 2.31. The van der Waals surface area contributed by atoms with Crippen molar-refractivity contribution in [3.05, 3.63) is 17.5 Å². The number of hydrogen-bond acceptors (Lipinski definition) is 2. The van der Waals surface area contributed by atoms with Gasteiger partial charge in [-0.05, 0) is 44.7 Å². The first-order chi connectivity index (χ1) is 8.60. The van der Waals surface area contributed by atoms with Crippen molar-refractivity contribution in [3.8, 4) is 0 Å². The average molecular weight is 249 g/mol. The third-order valence-electron chi connectivity index (χ3n) is 4.44. The van der Waals surface area contributed by atoms with Gasteiger partial charge in [-0.15, -0.1) is 0 Å². The lowest BCUT2D eigenvalue weighted by Crippen LogP contribution is -2.38. The van der Waals surface area contributed by atoms with E-state index in [4.69, 9.17) is 0 Å². The number of aryl methyl sites for hydroxylation is 2. The molecule has 1 aromatic rings. The van der Waals surface area contributed by atoms with Crippen molar-refractivity contribution < 1.29 is 0 Å². The molecule has 0 aliphatic heterocycles. The third-order valence-corrected chi connectivity index (χ3v) is 4.44. The summed E-state index contributed by atoms with van der Waals surface area (Å²) in [6.07, 6.45) is 6.67. The first-order valence-corrected chi connectivity index (χ1v) is 7.27. The molecule has 1 N–H and O–H groups in total. The molecule has 1 heterocycles. The van der Waals surface area contributed by atoms with E-state index in [1.165, 1.54) is 31.4 Å². The maximum atomic E-state index is 4.45. The molecule has 0 aromatic carbocycles. The Bertz CT molecular complexity index is 383. The molecule has 1 aromatic heterocycles. The number of hydrogen-bond donors (Lipinski definition) is 1. The van der Waals surface area contributed by atoms with Gasteiger partial charge in [-0.25, -0.2) is 0 Å². The molecule has 0 amide bonds. The summed E-state index contributed by atoms with van der Waals surface area (Å²) in [7, 11) is 4.16. The molecule has 3 unspecified atom stereocenters. The number of aromatic nitrogens is 2. The maximum Gasteiger partial charge on any atom is 0.0596 e. The SMILES string of the molecule is CNC(Cc1cc(C)nn1C)C1CCCC(C)C1. The van der Waals surface area contributed by atoms with Gasteiger partial charge < -0.3 is 5.32 Å². The lowest BCUT2D eigenvalue weighted by molar-refractivity contribution is 0.226. The Labute approximate surface area is 111 Å². The molecule has 1 saturated carbocycles. The average Bonchev–Trinajstić information content (AvgIpc) is 2.64. The van der Waals surface area contributed by atoms with Gasteiger partial charge >= 0.3 is 0 Å². The van der Waals surface area contributed by atoms with Crippen LogP contribution in [-0.2, 0) is 13.5 Å². The summed E-state index contributed by atoms with van der Waals surface area (Å²) >= 11 is 0. The molecule has 1 aliphatic carbocycles. The zero-order chi connectivity index (χ0) is 13.1. The van der Waals surface area contributed by atoms with Gasteiger partial charge in [0.15, 0.2) is 0 Å². The quantitative estimate of drug-likeness (QED) is 0.889. The molecule has 3 atom stereocenters. The van der Waals surface area contributed by atoms with Gasteiger partial charge in [-0.3, -0.25) is 4.68 Å². The van der Waals surface area contributed by atoms with Crippen molar-refractivity contribution in [1.82, 2.24) is 15.1 Å². The number of nitrogens with one attached hydrogen (secondary N) is 1. The lowest BCUT2D eigenvalue weighted by atomic mass is 9.77. The highest BCUT2D eigenvalue weighted by atomic mass is 15.3.